The number of benzene rings is 2. The van der Waals surface area contributed by atoms with E-state index in [0.29, 0.717) is 11.6 Å². The molecule has 0 radical (unpaired) electrons. The number of hydrogen-bond acceptors (Lipinski definition) is 4. The molecule has 0 saturated carbocycles. The summed E-state index contributed by atoms with van der Waals surface area (Å²) in [4.78, 5) is 8.60. The molecule has 1 aromatic heterocycles. The minimum Gasteiger partial charge on any atom is -0.492 e. The SMILES string of the molecule is Clc1ccccc1OCCCCCNc1ncnc2ccccc12. The molecule has 0 unspecified atom stereocenters. The molecule has 0 aliphatic heterocycles. The van der Waals surface area contributed by atoms with E-state index in [-0.39, 0.29) is 0 Å². The molecule has 0 spiro atoms. The second-order valence-electron chi connectivity index (χ2n) is 5.51. The molecule has 1 heterocycles. The van der Waals surface area contributed by atoms with Crippen LogP contribution in [0, 0.1) is 0 Å². The predicted octanol–water partition coefficient (Wildman–Crippen LogP) is 4.94. The maximum absolute atomic E-state index is 6.06. The van der Waals surface area contributed by atoms with E-state index in [9.17, 15) is 0 Å². The average molecular weight is 342 g/mol. The zero-order chi connectivity index (χ0) is 16.6. The van der Waals surface area contributed by atoms with Gasteiger partial charge in [-0.15, -0.1) is 0 Å². The van der Waals surface area contributed by atoms with Crippen LogP contribution >= 0.6 is 11.6 Å². The predicted molar refractivity (Wildman–Crippen MR) is 98.8 cm³/mol. The van der Waals surface area contributed by atoms with Crippen molar-refractivity contribution >= 4 is 28.3 Å². The van der Waals surface area contributed by atoms with Gasteiger partial charge in [0.05, 0.1) is 17.1 Å². The van der Waals surface area contributed by atoms with Crippen molar-refractivity contribution in [2.75, 3.05) is 18.5 Å². The Bertz CT molecular complexity index is 789. The van der Waals surface area contributed by atoms with E-state index in [2.05, 4.69) is 15.3 Å². The van der Waals surface area contributed by atoms with Gasteiger partial charge in [-0.3, -0.25) is 0 Å². The van der Waals surface area contributed by atoms with Crippen molar-refractivity contribution in [1.29, 1.82) is 0 Å². The van der Waals surface area contributed by atoms with Gasteiger partial charge in [0.2, 0.25) is 0 Å². The molecule has 0 bridgehead atoms. The second kappa shape index (κ2) is 8.50. The van der Waals surface area contributed by atoms with E-state index in [1.807, 2.05) is 48.5 Å². The first-order valence-electron chi connectivity index (χ1n) is 8.15. The molecular weight excluding hydrogens is 322 g/mol. The van der Waals surface area contributed by atoms with E-state index < -0.39 is 0 Å². The van der Waals surface area contributed by atoms with Gasteiger partial charge in [0, 0.05) is 11.9 Å². The molecule has 0 fully saturated rings. The van der Waals surface area contributed by atoms with Crippen molar-refractivity contribution in [2.24, 2.45) is 0 Å². The molecule has 0 amide bonds. The van der Waals surface area contributed by atoms with E-state index in [1.165, 1.54) is 0 Å². The van der Waals surface area contributed by atoms with E-state index in [4.69, 9.17) is 16.3 Å². The fraction of sp³-hybridized carbons (Fsp3) is 0.263. The van der Waals surface area contributed by atoms with Crippen LogP contribution < -0.4 is 10.1 Å². The Balaban J connectivity index is 1.37. The summed E-state index contributed by atoms with van der Waals surface area (Å²) >= 11 is 6.06. The molecule has 4 nitrogen and oxygen atoms in total. The number of fused-ring (bicyclic) bond motifs is 1. The van der Waals surface area contributed by atoms with Gasteiger partial charge in [-0.2, -0.15) is 0 Å². The highest BCUT2D eigenvalue weighted by Gasteiger charge is 2.02. The molecule has 0 atom stereocenters. The van der Waals surface area contributed by atoms with E-state index in [1.54, 1.807) is 6.33 Å². The van der Waals surface area contributed by atoms with Crippen LogP contribution in [-0.2, 0) is 0 Å². The number of ether oxygens (including phenoxy) is 1. The van der Waals surface area contributed by atoms with Crippen LogP contribution in [0.3, 0.4) is 0 Å². The smallest absolute Gasteiger partial charge is 0.137 e. The van der Waals surface area contributed by atoms with E-state index >= 15 is 0 Å². The summed E-state index contributed by atoms with van der Waals surface area (Å²) in [5.41, 5.74) is 0.961. The number of nitrogens with one attached hydrogen (secondary N) is 1. The number of hydrogen-bond donors (Lipinski definition) is 1. The first-order chi connectivity index (χ1) is 11.8. The first kappa shape index (κ1) is 16.5. The largest absolute Gasteiger partial charge is 0.492 e. The number of aromatic nitrogens is 2. The van der Waals surface area contributed by atoms with Crippen LogP contribution in [0.15, 0.2) is 54.9 Å². The molecule has 3 aromatic rings. The average Bonchev–Trinajstić information content (AvgIpc) is 2.62. The number of anilines is 1. The number of para-hydroxylation sites is 2. The Morgan fingerprint density at radius 2 is 1.75 bits per heavy atom. The van der Waals surface area contributed by atoms with Crippen molar-refractivity contribution in [1.82, 2.24) is 9.97 Å². The minimum atomic E-state index is 0.662. The second-order valence-corrected chi connectivity index (χ2v) is 5.91. The normalized spacial score (nSPS) is 10.7. The van der Waals surface area contributed by atoms with Crippen molar-refractivity contribution in [3.05, 3.63) is 59.9 Å². The zero-order valence-corrected chi connectivity index (χ0v) is 14.2. The highest BCUT2D eigenvalue weighted by atomic mass is 35.5. The van der Waals surface area contributed by atoms with Crippen molar-refractivity contribution < 1.29 is 4.74 Å². The lowest BCUT2D eigenvalue weighted by molar-refractivity contribution is 0.306. The fourth-order valence-corrected chi connectivity index (χ4v) is 2.69. The highest BCUT2D eigenvalue weighted by Crippen LogP contribution is 2.23. The minimum absolute atomic E-state index is 0.662. The van der Waals surface area contributed by atoms with E-state index in [0.717, 1.165) is 48.3 Å². The third-order valence-corrected chi connectivity index (χ3v) is 4.06. The van der Waals surface area contributed by atoms with Crippen LogP contribution in [0.4, 0.5) is 5.82 Å². The molecule has 24 heavy (non-hydrogen) atoms. The first-order valence-corrected chi connectivity index (χ1v) is 8.53. The van der Waals surface area contributed by atoms with Crippen molar-refractivity contribution in [3.63, 3.8) is 0 Å². The summed E-state index contributed by atoms with van der Waals surface area (Å²) in [6.45, 7) is 1.56. The van der Waals surface area contributed by atoms with Gasteiger partial charge in [-0.1, -0.05) is 35.9 Å². The molecule has 0 aliphatic rings. The zero-order valence-electron chi connectivity index (χ0n) is 13.4. The maximum atomic E-state index is 6.06. The Morgan fingerprint density at radius 3 is 2.67 bits per heavy atom. The monoisotopic (exact) mass is 341 g/mol. The topological polar surface area (TPSA) is 47.0 Å². The van der Waals surface area contributed by atoms with Gasteiger partial charge in [0.1, 0.15) is 17.9 Å². The number of nitrogens with zero attached hydrogens (tertiary/aromatic N) is 2. The lowest BCUT2D eigenvalue weighted by Gasteiger charge is -2.09. The number of halogens is 1. The fourth-order valence-electron chi connectivity index (χ4n) is 2.50. The maximum Gasteiger partial charge on any atom is 0.137 e. The Hall–Kier alpha value is -2.33. The Labute approximate surface area is 146 Å². The van der Waals surface area contributed by atoms with Crippen LogP contribution in [0.2, 0.25) is 5.02 Å². The standard InChI is InChI=1S/C19H20ClN3O/c20-16-9-3-5-11-18(16)24-13-7-1-6-12-21-19-15-8-2-4-10-17(15)22-14-23-19/h2-5,8-11,14H,1,6-7,12-13H2,(H,21,22,23). The van der Waals surface area contributed by atoms with Crippen LogP contribution in [0.1, 0.15) is 19.3 Å². The van der Waals surface area contributed by atoms with Gasteiger partial charge in [0.25, 0.3) is 0 Å². The molecule has 0 aliphatic carbocycles. The molecule has 0 saturated heterocycles. The van der Waals surface area contributed by atoms with Crippen LogP contribution in [-0.4, -0.2) is 23.1 Å². The Kier molecular flexibility index (Phi) is 5.85. The molecule has 5 heteroatoms. The molecule has 1 N–H and O–H groups in total. The van der Waals surface area contributed by atoms with Crippen LogP contribution in [0.25, 0.3) is 10.9 Å². The summed E-state index contributed by atoms with van der Waals surface area (Å²) in [6, 6.07) is 15.6. The summed E-state index contributed by atoms with van der Waals surface area (Å²) in [7, 11) is 0. The van der Waals surface area contributed by atoms with Gasteiger partial charge in [-0.25, -0.2) is 9.97 Å². The van der Waals surface area contributed by atoms with Gasteiger partial charge in [0.15, 0.2) is 0 Å². The number of rotatable bonds is 8. The third kappa shape index (κ3) is 4.36. The van der Waals surface area contributed by atoms with Gasteiger partial charge < -0.3 is 10.1 Å². The lowest BCUT2D eigenvalue weighted by Crippen LogP contribution is -2.05. The summed E-state index contributed by atoms with van der Waals surface area (Å²) in [6.07, 6.45) is 4.74. The summed E-state index contributed by atoms with van der Waals surface area (Å²) in [5.74, 6) is 1.65. The Morgan fingerprint density at radius 1 is 0.917 bits per heavy atom. The molecule has 2 aromatic carbocycles. The van der Waals surface area contributed by atoms with Crippen molar-refractivity contribution in [3.8, 4) is 5.75 Å². The molecule has 3 rings (SSSR count). The molecular formula is C19H20ClN3O. The van der Waals surface area contributed by atoms with Gasteiger partial charge in [-0.05, 0) is 43.5 Å². The number of unbranched alkanes of at least 4 members (excludes halogenated alkanes) is 2. The lowest BCUT2D eigenvalue weighted by atomic mass is 10.2. The summed E-state index contributed by atoms with van der Waals surface area (Å²) < 4.78 is 5.69. The van der Waals surface area contributed by atoms with Crippen LogP contribution in [0.5, 0.6) is 5.75 Å². The highest BCUT2D eigenvalue weighted by molar-refractivity contribution is 6.32. The molecule has 124 valence electrons. The third-order valence-electron chi connectivity index (χ3n) is 3.75. The quantitative estimate of drug-likeness (QED) is 0.589. The van der Waals surface area contributed by atoms with Crippen molar-refractivity contribution in [2.45, 2.75) is 19.3 Å². The summed E-state index contributed by atoms with van der Waals surface area (Å²) in [5, 5.41) is 5.11. The van der Waals surface area contributed by atoms with Gasteiger partial charge >= 0.3 is 0 Å².